The third-order valence-corrected chi connectivity index (χ3v) is 4.25. The maximum absolute atomic E-state index is 12.6. The molecule has 3 N–H and O–H groups in total. The Labute approximate surface area is 187 Å². The molecule has 0 spiro atoms. The number of anilines is 1. The number of methoxy groups -OCH3 is 1. The van der Waals surface area contributed by atoms with E-state index in [-0.39, 0.29) is 11.0 Å². The molecule has 0 saturated carbocycles. The first-order valence-corrected chi connectivity index (χ1v) is 10.2. The minimum absolute atomic E-state index is 0.131. The van der Waals surface area contributed by atoms with Crippen molar-refractivity contribution in [2.24, 2.45) is 0 Å². The summed E-state index contributed by atoms with van der Waals surface area (Å²) in [5, 5.41) is 8.44. The van der Waals surface area contributed by atoms with Gasteiger partial charge in [-0.05, 0) is 55.5 Å². The van der Waals surface area contributed by atoms with Crippen LogP contribution in [0.5, 0.6) is 5.75 Å². The van der Waals surface area contributed by atoms with Crippen molar-refractivity contribution < 1.29 is 23.8 Å². The van der Waals surface area contributed by atoms with Gasteiger partial charge in [-0.3, -0.25) is 14.9 Å². The van der Waals surface area contributed by atoms with Crippen molar-refractivity contribution in [1.82, 2.24) is 10.6 Å². The number of benzene rings is 2. The summed E-state index contributed by atoms with van der Waals surface area (Å²) < 4.78 is 15.8. The SMILES string of the molecule is CCOCCOc1ccccc1C(=O)NC(=S)Nc1ccc(C(=O)NCCOC)cc1. The number of para-hydroxylation sites is 1. The molecule has 0 unspecified atom stereocenters. The van der Waals surface area contributed by atoms with Crippen LogP contribution in [0.2, 0.25) is 0 Å². The molecule has 0 saturated heterocycles. The van der Waals surface area contributed by atoms with Gasteiger partial charge in [0.15, 0.2) is 5.11 Å². The summed E-state index contributed by atoms with van der Waals surface area (Å²) in [6, 6.07) is 13.6. The van der Waals surface area contributed by atoms with E-state index in [4.69, 9.17) is 26.4 Å². The fourth-order valence-electron chi connectivity index (χ4n) is 2.54. The highest BCUT2D eigenvalue weighted by Crippen LogP contribution is 2.18. The number of rotatable bonds is 11. The molecular formula is C22H27N3O5S. The van der Waals surface area contributed by atoms with E-state index in [2.05, 4.69) is 16.0 Å². The first kappa shape index (κ1) is 24.3. The third-order valence-electron chi connectivity index (χ3n) is 4.04. The number of carbonyl (C=O) groups excluding carboxylic acids is 2. The lowest BCUT2D eigenvalue weighted by Gasteiger charge is -2.13. The van der Waals surface area contributed by atoms with Gasteiger partial charge in [-0.25, -0.2) is 0 Å². The number of amides is 2. The Morgan fingerprint density at radius 3 is 2.42 bits per heavy atom. The van der Waals surface area contributed by atoms with E-state index in [0.29, 0.717) is 55.5 Å². The zero-order valence-corrected chi connectivity index (χ0v) is 18.4. The largest absolute Gasteiger partial charge is 0.490 e. The van der Waals surface area contributed by atoms with Gasteiger partial charge in [-0.2, -0.15) is 0 Å². The summed E-state index contributed by atoms with van der Waals surface area (Å²) in [7, 11) is 1.57. The predicted octanol–water partition coefficient (Wildman–Crippen LogP) is 2.60. The molecule has 0 radical (unpaired) electrons. The zero-order chi connectivity index (χ0) is 22.5. The van der Waals surface area contributed by atoms with Crippen molar-refractivity contribution in [1.29, 1.82) is 0 Å². The van der Waals surface area contributed by atoms with E-state index in [9.17, 15) is 9.59 Å². The number of nitrogens with one attached hydrogen (secondary N) is 3. The Kier molecular flexibility index (Phi) is 10.4. The van der Waals surface area contributed by atoms with Crippen molar-refractivity contribution in [3.05, 3.63) is 59.7 Å². The van der Waals surface area contributed by atoms with Crippen LogP contribution in [-0.4, -0.2) is 57.0 Å². The Morgan fingerprint density at radius 1 is 0.968 bits per heavy atom. The highest BCUT2D eigenvalue weighted by Gasteiger charge is 2.14. The van der Waals surface area contributed by atoms with Crippen LogP contribution >= 0.6 is 12.2 Å². The molecule has 8 nitrogen and oxygen atoms in total. The number of hydrogen-bond donors (Lipinski definition) is 3. The van der Waals surface area contributed by atoms with Gasteiger partial charge >= 0.3 is 0 Å². The van der Waals surface area contributed by atoms with Gasteiger partial charge in [0, 0.05) is 31.5 Å². The highest BCUT2D eigenvalue weighted by atomic mass is 32.1. The smallest absolute Gasteiger partial charge is 0.261 e. The molecular weight excluding hydrogens is 418 g/mol. The van der Waals surface area contributed by atoms with Crippen LogP contribution < -0.4 is 20.7 Å². The van der Waals surface area contributed by atoms with Gasteiger partial charge in [0.05, 0.1) is 18.8 Å². The molecule has 0 bridgehead atoms. The van der Waals surface area contributed by atoms with Crippen molar-refractivity contribution in [2.75, 3.05) is 45.4 Å². The lowest BCUT2D eigenvalue weighted by molar-refractivity contribution is 0.0935. The van der Waals surface area contributed by atoms with Crippen molar-refractivity contribution >= 4 is 34.8 Å². The first-order chi connectivity index (χ1) is 15.0. The second-order valence-electron chi connectivity index (χ2n) is 6.28. The summed E-state index contributed by atoms with van der Waals surface area (Å²) in [5.74, 6) is -0.134. The lowest BCUT2D eigenvalue weighted by atomic mass is 10.2. The van der Waals surface area contributed by atoms with E-state index in [1.807, 2.05) is 6.92 Å². The van der Waals surface area contributed by atoms with Crippen molar-refractivity contribution in [3.8, 4) is 5.75 Å². The standard InChI is InChI=1S/C22H27N3O5S/c1-3-29-14-15-30-19-7-5-4-6-18(19)21(27)25-22(31)24-17-10-8-16(9-11-17)20(26)23-12-13-28-2/h4-11H,3,12-15H2,1-2H3,(H,23,26)(H2,24,25,27,31). The van der Waals surface area contributed by atoms with Gasteiger partial charge in [0.25, 0.3) is 11.8 Å². The summed E-state index contributed by atoms with van der Waals surface area (Å²) in [4.78, 5) is 24.6. The molecule has 0 heterocycles. The Morgan fingerprint density at radius 2 is 1.71 bits per heavy atom. The molecule has 0 aliphatic rings. The number of hydrogen-bond acceptors (Lipinski definition) is 6. The van der Waals surface area contributed by atoms with Crippen LogP contribution in [0.1, 0.15) is 27.6 Å². The third kappa shape index (κ3) is 8.33. The summed E-state index contributed by atoms with van der Waals surface area (Å²) in [6.45, 7) is 4.16. The average Bonchev–Trinajstić information content (AvgIpc) is 2.77. The second-order valence-corrected chi connectivity index (χ2v) is 6.68. The monoisotopic (exact) mass is 445 g/mol. The zero-order valence-electron chi connectivity index (χ0n) is 17.6. The lowest BCUT2D eigenvalue weighted by Crippen LogP contribution is -2.34. The molecule has 0 aliphatic carbocycles. The molecule has 9 heteroatoms. The van der Waals surface area contributed by atoms with Gasteiger partial charge in [0.2, 0.25) is 0 Å². The highest BCUT2D eigenvalue weighted by molar-refractivity contribution is 7.80. The fraction of sp³-hybridized carbons (Fsp3) is 0.318. The van der Waals surface area contributed by atoms with Crippen LogP contribution in [0, 0.1) is 0 Å². The summed E-state index contributed by atoms with van der Waals surface area (Å²) in [6.07, 6.45) is 0. The molecule has 166 valence electrons. The maximum Gasteiger partial charge on any atom is 0.261 e. The van der Waals surface area contributed by atoms with Crippen molar-refractivity contribution in [3.63, 3.8) is 0 Å². The van der Waals surface area contributed by atoms with Crippen molar-refractivity contribution in [2.45, 2.75) is 6.92 Å². The molecule has 0 aromatic heterocycles. The predicted molar refractivity (Wildman–Crippen MR) is 123 cm³/mol. The quantitative estimate of drug-likeness (QED) is 0.361. The molecule has 31 heavy (non-hydrogen) atoms. The Hall–Kier alpha value is -3.01. The average molecular weight is 446 g/mol. The van der Waals surface area contributed by atoms with Crippen LogP contribution in [0.25, 0.3) is 0 Å². The van der Waals surface area contributed by atoms with Crippen LogP contribution in [0.4, 0.5) is 5.69 Å². The molecule has 0 aliphatic heterocycles. The van der Waals surface area contributed by atoms with E-state index in [0.717, 1.165) is 0 Å². The van der Waals surface area contributed by atoms with E-state index in [1.54, 1.807) is 55.6 Å². The topological polar surface area (TPSA) is 97.9 Å². The van der Waals surface area contributed by atoms with Crippen LogP contribution in [0.3, 0.4) is 0 Å². The number of thiocarbonyl (C=S) groups is 1. The molecule has 2 rings (SSSR count). The number of carbonyl (C=O) groups is 2. The first-order valence-electron chi connectivity index (χ1n) is 9.84. The summed E-state index contributed by atoms with van der Waals surface area (Å²) in [5.41, 5.74) is 1.51. The molecule has 2 amide bonds. The minimum atomic E-state index is -0.390. The Bertz CT molecular complexity index is 874. The fourth-order valence-corrected chi connectivity index (χ4v) is 2.75. The molecule has 2 aromatic rings. The Balaban J connectivity index is 1.90. The van der Waals surface area contributed by atoms with E-state index < -0.39 is 5.91 Å². The maximum atomic E-state index is 12.6. The van der Waals surface area contributed by atoms with Crippen LogP contribution in [0.15, 0.2) is 48.5 Å². The van der Waals surface area contributed by atoms with Gasteiger partial charge in [0.1, 0.15) is 12.4 Å². The van der Waals surface area contributed by atoms with Crippen LogP contribution in [-0.2, 0) is 9.47 Å². The number of ether oxygens (including phenoxy) is 3. The second kappa shape index (κ2) is 13.3. The normalized spacial score (nSPS) is 10.3. The van der Waals surface area contributed by atoms with Gasteiger partial charge < -0.3 is 24.8 Å². The van der Waals surface area contributed by atoms with Gasteiger partial charge in [-0.1, -0.05) is 12.1 Å². The molecule has 0 fully saturated rings. The summed E-state index contributed by atoms with van der Waals surface area (Å²) >= 11 is 5.24. The minimum Gasteiger partial charge on any atom is -0.490 e. The van der Waals surface area contributed by atoms with E-state index in [1.165, 1.54) is 0 Å². The van der Waals surface area contributed by atoms with Gasteiger partial charge in [-0.15, -0.1) is 0 Å². The molecule has 2 aromatic carbocycles. The molecule has 0 atom stereocenters. The van der Waals surface area contributed by atoms with E-state index >= 15 is 0 Å².